The standard InChI is InChI=1S/C15H11ClF3NO/c1-10-13(16)3-2-4-14(10)20-9-11-5-7-12(8-6-11)21-15(17,18)19/h2-9H,1H3. The summed E-state index contributed by atoms with van der Waals surface area (Å²) < 4.78 is 39.9. The highest BCUT2D eigenvalue weighted by Crippen LogP contribution is 2.26. The fourth-order valence-corrected chi connectivity index (χ4v) is 1.81. The number of nitrogens with zero attached hydrogens (tertiary/aromatic N) is 1. The van der Waals surface area contributed by atoms with Gasteiger partial charge in [-0.05, 0) is 54.4 Å². The summed E-state index contributed by atoms with van der Waals surface area (Å²) in [7, 11) is 0. The van der Waals surface area contributed by atoms with Crippen LogP contribution in [0.4, 0.5) is 18.9 Å². The van der Waals surface area contributed by atoms with Crippen LogP contribution in [-0.2, 0) is 0 Å². The van der Waals surface area contributed by atoms with Crippen molar-refractivity contribution >= 4 is 23.5 Å². The Labute approximate surface area is 124 Å². The molecule has 2 aromatic rings. The first-order valence-electron chi connectivity index (χ1n) is 6.00. The fraction of sp³-hybridized carbons (Fsp3) is 0.133. The Bertz CT molecular complexity index is 651. The molecule has 0 aliphatic carbocycles. The SMILES string of the molecule is Cc1c(Cl)cccc1N=Cc1ccc(OC(F)(F)F)cc1. The molecule has 0 atom stereocenters. The van der Waals surface area contributed by atoms with E-state index in [1.165, 1.54) is 24.3 Å². The molecule has 0 unspecified atom stereocenters. The minimum absolute atomic E-state index is 0.265. The van der Waals surface area contributed by atoms with Gasteiger partial charge in [-0.15, -0.1) is 13.2 Å². The smallest absolute Gasteiger partial charge is 0.406 e. The van der Waals surface area contributed by atoms with E-state index in [9.17, 15) is 13.2 Å². The number of hydrogen-bond acceptors (Lipinski definition) is 2. The van der Waals surface area contributed by atoms with Gasteiger partial charge in [-0.1, -0.05) is 17.7 Å². The zero-order valence-electron chi connectivity index (χ0n) is 11.0. The maximum absolute atomic E-state index is 12.0. The summed E-state index contributed by atoms with van der Waals surface area (Å²) in [6, 6.07) is 10.8. The highest BCUT2D eigenvalue weighted by atomic mass is 35.5. The van der Waals surface area contributed by atoms with Crippen LogP contribution in [0.15, 0.2) is 47.5 Å². The second-order valence-electron chi connectivity index (χ2n) is 4.26. The van der Waals surface area contributed by atoms with Crippen LogP contribution in [0.25, 0.3) is 0 Å². The average Bonchev–Trinajstić information content (AvgIpc) is 2.40. The Morgan fingerprint density at radius 2 is 1.76 bits per heavy atom. The Balaban J connectivity index is 2.13. The van der Waals surface area contributed by atoms with Gasteiger partial charge in [-0.2, -0.15) is 0 Å². The number of benzene rings is 2. The van der Waals surface area contributed by atoms with Crippen LogP contribution in [0, 0.1) is 6.92 Å². The molecule has 0 bridgehead atoms. The summed E-state index contributed by atoms with van der Waals surface area (Å²) >= 11 is 5.98. The highest BCUT2D eigenvalue weighted by Gasteiger charge is 2.30. The van der Waals surface area contributed by atoms with Gasteiger partial charge in [-0.25, -0.2) is 0 Å². The quantitative estimate of drug-likeness (QED) is 0.705. The average molecular weight is 314 g/mol. The normalized spacial score (nSPS) is 11.9. The summed E-state index contributed by atoms with van der Waals surface area (Å²) in [5.41, 5.74) is 2.20. The van der Waals surface area contributed by atoms with Gasteiger partial charge in [0.05, 0.1) is 5.69 Å². The van der Waals surface area contributed by atoms with Crippen molar-refractivity contribution in [3.05, 3.63) is 58.6 Å². The second-order valence-corrected chi connectivity index (χ2v) is 4.67. The molecule has 0 saturated heterocycles. The van der Waals surface area contributed by atoms with Crippen molar-refractivity contribution in [1.82, 2.24) is 0 Å². The van der Waals surface area contributed by atoms with E-state index in [0.717, 1.165) is 5.56 Å². The molecular weight excluding hydrogens is 303 g/mol. The van der Waals surface area contributed by atoms with E-state index in [1.54, 1.807) is 24.4 Å². The summed E-state index contributed by atoms with van der Waals surface area (Å²) in [5.74, 6) is -0.265. The molecule has 0 aliphatic heterocycles. The molecular formula is C15H11ClF3NO. The molecule has 0 aliphatic rings. The van der Waals surface area contributed by atoms with Crippen LogP contribution in [0.5, 0.6) is 5.75 Å². The van der Waals surface area contributed by atoms with Gasteiger partial charge in [-0.3, -0.25) is 4.99 Å². The molecule has 0 saturated carbocycles. The molecule has 21 heavy (non-hydrogen) atoms. The summed E-state index contributed by atoms with van der Waals surface area (Å²) in [5, 5.41) is 0.610. The van der Waals surface area contributed by atoms with Gasteiger partial charge in [0, 0.05) is 11.2 Å². The minimum atomic E-state index is -4.69. The second kappa shape index (κ2) is 6.18. The number of aliphatic imine (C=N–C) groups is 1. The van der Waals surface area contributed by atoms with E-state index in [4.69, 9.17) is 11.6 Å². The lowest BCUT2D eigenvalue weighted by Gasteiger charge is -2.08. The maximum Gasteiger partial charge on any atom is 0.573 e. The molecule has 2 nitrogen and oxygen atoms in total. The molecule has 0 heterocycles. The van der Waals surface area contributed by atoms with Crippen LogP contribution >= 0.6 is 11.6 Å². The van der Waals surface area contributed by atoms with E-state index < -0.39 is 6.36 Å². The zero-order chi connectivity index (χ0) is 15.5. The lowest BCUT2D eigenvalue weighted by Crippen LogP contribution is -2.16. The van der Waals surface area contributed by atoms with Crippen molar-refractivity contribution < 1.29 is 17.9 Å². The third-order valence-electron chi connectivity index (χ3n) is 2.71. The van der Waals surface area contributed by atoms with E-state index in [2.05, 4.69) is 9.73 Å². The highest BCUT2D eigenvalue weighted by molar-refractivity contribution is 6.31. The predicted octanol–water partition coefficient (Wildman–Crippen LogP) is 5.30. The van der Waals surface area contributed by atoms with E-state index in [1.807, 2.05) is 6.92 Å². The fourth-order valence-electron chi connectivity index (χ4n) is 1.64. The topological polar surface area (TPSA) is 21.6 Å². The van der Waals surface area contributed by atoms with Crippen molar-refractivity contribution in [2.45, 2.75) is 13.3 Å². The Morgan fingerprint density at radius 3 is 2.38 bits per heavy atom. The van der Waals surface area contributed by atoms with Gasteiger partial charge in [0.25, 0.3) is 0 Å². The molecule has 2 aromatic carbocycles. The van der Waals surface area contributed by atoms with Crippen molar-refractivity contribution in [2.75, 3.05) is 0 Å². The third kappa shape index (κ3) is 4.49. The van der Waals surface area contributed by atoms with Gasteiger partial charge >= 0.3 is 6.36 Å². The number of ether oxygens (including phenoxy) is 1. The number of rotatable bonds is 3. The van der Waals surface area contributed by atoms with Crippen molar-refractivity contribution in [3.63, 3.8) is 0 Å². The van der Waals surface area contributed by atoms with E-state index >= 15 is 0 Å². The van der Waals surface area contributed by atoms with Crippen molar-refractivity contribution in [2.24, 2.45) is 4.99 Å². The molecule has 0 spiro atoms. The Kier molecular flexibility index (Phi) is 4.53. The molecule has 2 rings (SSSR count). The summed E-state index contributed by atoms with van der Waals surface area (Å²) in [4.78, 5) is 4.27. The molecule has 0 aromatic heterocycles. The number of halogens is 4. The number of hydrogen-bond donors (Lipinski definition) is 0. The maximum atomic E-state index is 12.0. The van der Waals surface area contributed by atoms with E-state index in [0.29, 0.717) is 16.3 Å². The van der Waals surface area contributed by atoms with Gasteiger partial charge < -0.3 is 4.74 Å². The molecule has 0 N–H and O–H groups in total. The largest absolute Gasteiger partial charge is 0.573 e. The Hall–Kier alpha value is -2.01. The lowest BCUT2D eigenvalue weighted by molar-refractivity contribution is -0.274. The van der Waals surface area contributed by atoms with Gasteiger partial charge in [0.1, 0.15) is 5.75 Å². The molecule has 110 valence electrons. The van der Waals surface area contributed by atoms with Gasteiger partial charge in [0.15, 0.2) is 0 Å². The molecule has 0 fully saturated rings. The van der Waals surface area contributed by atoms with Crippen LogP contribution < -0.4 is 4.74 Å². The molecule has 0 amide bonds. The monoisotopic (exact) mass is 313 g/mol. The third-order valence-corrected chi connectivity index (χ3v) is 3.11. The zero-order valence-corrected chi connectivity index (χ0v) is 11.7. The summed E-state index contributed by atoms with van der Waals surface area (Å²) in [6.07, 6.45) is -3.14. The van der Waals surface area contributed by atoms with Crippen LogP contribution in [-0.4, -0.2) is 12.6 Å². The van der Waals surface area contributed by atoms with Crippen LogP contribution in [0.2, 0.25) is 5.02 Å². The predicted molar refractivity (Wildman–Crippen MR) is 76.6 cm³/mol. The van der Waals surface area contributed by atoms with E-state index in [-0.39, 0.29) is 5.75 Å². The van der Waals surface area contributed by atoms with Crippen molar-refractivity contribution in [1.29, 1.82) is 0 Å². The lowest BCUT2D eigenvalue weighted by atomic mass is 10.2. The number of alkyl halides is 3. The first kappa shape index (κ1) is 15.4. The molecule has 6 heteroatoms. The van der Waals surface area contributed by atoms with Crippen LogP contribution in [0.1, 0.15) is 11.1 Å². The first-order chi connectivity index (χ1) is 9.85. The summed E-state index contributed by atoms with van der Waals surface area (Å²) in [6.45, 7) is 1.84. The minimum Gasteiger partial charge on any atom is -0.406 e. The van der Waals surface area contributed by atoms with Crippen LogP contribution in [0.3, 0.4) is 0 Å². The Morgan fingerprint density at radius 1 is 1.10 bits per heavy atom. The first-order valence-corrected chi connectivity index (χ1v) is 6.38. The van der Waals surface area contributed by atoms with Gasteiger partial charge in [0.2, 0.25) is 0 Å². The molecule has 0 radical (unpaired) electrons. The van der Waals surface area contributed by atoms with Crippen molar-refractivity contribution in [3.8, 4) is 5.75 Å².